The Morgan fingerprint density at radius 3 is 2.84 bits per heavy atom. The third kappa shape index (κ3) is 2.96. The molecular formula is C13H19FN2O2S. The van der Waals surface area contributed by atoms with Crippen LogP contribution in [0.25, 0.3) is 0 Å². The second kappa shape index (κ2) is 5.56. The molecule has 1 fully saturated rings. The number of halogens is 1. The first-order valence-corrected chi connectivity index (χ1v) is 7.85. The van der Waals surface area contributed by atoms with E-state index in [0.29, 0.717) is 25.2 Å². The zero-order valence-electron chi connectivity index (χ0n) is 11.0. The zero-order chi connectivity index (χ0) is 14.0. The van der Waals surface area contributed by atoms with Gasteiger partial charge in [0, 0.05) is 13.1 Å². The van der Waals surface area contributed by atoms with E-state index in [-0.39, 0.29) is 10.8 Å². The Labute approximate surface area is 113 Å². The van der Waals surface area contributed by atoms with Gasteiger partial charge in [0.1, 0.15) is 5.82 Å². The Bertz CT molecular complexity index is 560. The molecule has 2 N–H and O–H groups in total. The standard InChI is InChI=1S/C13H19FN2O2S/c1-10-7-12(14)4-5-13(10)19(17,18)16-6-2-3-11(8-15)9-16/h4-5,7,11H,2-3,6,8-9,15H2,1H3. The Kier molecular flexibility index (Phi) is 4.23. The van der Waals surface area contributed by atoms with Gasteiger partial charge in [0.05, 0.1) is 4.90 Å². The van der Waals surface area contributed by atoms with E-state index in [1.165, 1.54) is 22.5 Å². The smallest absolute Gasteiger partial charge is 0.243 e. The van der Waals surface area contributed by atoms with Gasteiger partial charge >= 0.3 is 0 Å². The lowest BCUT2D eigenvalue weighted by Gasteiger charge is -2.31. The van der Waals surface area contributed by atoms with Crippen molar-refractivity contribution in [1.82, 2.24) is 4.31 Å². The molecule has 1 aliphatic heterocycles. The SMILES string of the molecule is Cc1cc(F)ccc1S(=O)(=O)N1CCCC(CN)C1. The average Bonchev–Trinajstić information content (AvgIpc) is 2.38. The number of sulfonamides is 1. The molecule has 19 heavy (non-hydrogen) atoms. The van der Waals surface area contributed by atoms with Crippen molar-refractivity contribution in [3.8, 4) is 0 Å². The maximum atomic E-state index is 13.1. The second-order valence-corrected chi connectivity index (χ2v) is 6.92. The molecule has 0 amide bonds. The summed E-state index contributed by atoms with van der Waals surface area (Å²) in [4.78, 5) is 0.187. The van der Waals surface area contributed by atoms with E-state index < -0.39 is 15.8 Å². The fourth-order valence-corrected chi connectivity index (χ4v) is 4.24. The Balaban J connectivity index is 2.31. The third-order valence-electron chi connectivity index (χ3n) is 3.57. The van der Waals surface area contributed by atoms with Crippen LogP contribution in [0.5, 0.6) is 0 Å². The van der Waals surface area contributed by atoms with Gasteiger partial charge in [0.2, 0.25) is 10.0 Å². The maximum Gasteiger partial charge on any atom is 0.243 e. The first-order chi connectivity index (χ1) is 8.95. The van der Waals surface area contributed by atoms with E-state index in [4.69, 9.17) is 5.73 Å². The van der Waals surface area contributed by atoms with Gasteiger partial charge in [-0.1, -0.05) is 0 Å². The van der Waals surface area contributed by atoms with Gasteiger partial charge in [-0.3, -0.25) is 0 Å². The van der Waals surface area contributed by atoms with Crippen molar-refractivity contribution in [3.05, 3.63) is 29.6 Å². The molecule has 0 spiro atoms. The number of rotatable bonds is 3. The van der Waals surface area contributed by atoms with Crippen molar-refractivity contribution in [2.45, 2.75) is 24.7 Å². The van der Waals surface area contributed by atoms with Crippen molar-refractivity contribution in [3.63, 3.8) is 0 Å². The number of hydrogen-bond acceptors (Lipinski definition) is 3. The minimum absolute atomic E-state index is 0.187. The van der Waals surface area contributed by atoms with Gasteiger partial charge in [0.25, 0.3) is 0 Å². The molecule has 106 valence electrons. The predicted molar refractivity (Wildman–Crippen MR) is 71.7 cm³/mol. The quantitative estimate of drug-likeness (QED) is 0.915. The molecule has 1 saturated heterocycles. The first-order valence-electron chi connectivity index (χ1n) is 6.41. The highest BCUT2D eigenvalue weighted by Gasteiger charge is 2.30. The summed E-state index contributed by atoms with van der Waals surface area (Å²) >= 11 is 0. The summed E-state index contributed by atoms with van der Waals surface area (Å²) in [5.41, 5.74) is 6.07. The van der Waals surface area contributed by atoms with E-state index in [1.54, 1.807) is 6.92 Å². The summed E-state index contributed by atoms with van der Waals surface area (Å²) in [6.45, 7) is 3.07. The summed E-state index contributed by atoms with van der Waals surface area (Å²) in [6.07, 6.45) is 1.78. The second-order valence-electron chi connectivity index (χ2n) is 5.02. The molecule has 1 heterocycles. The Hall–Kier alpha value is -0.980. The van der Waals surface area contributed by atoms with Crippen LogP contribution >= 0.6 is 0 Å². The minimum atomic E-state index is -3.54. The molecule has 1 aromatic rings. The molecule has 0 aliphatic carbocycles. The number of nitrogens with two attached hydrogens (primary N) is 1. The molecule has 0 bridgehead atoms. The third-order valence-corrected chi connectivity index (χ3v) is 5.60. The molecule has 1 aliphatic rings. The van der Waals surface area contributed by atoms with Crippen LogP contribution in [-0.2, 0) is 10.0 Å². The van der Waals surface area contributed by atoms with Crippen LogP contribution in [0.15, 0.2) is 23.1 Å². The van der Waals surface area contributed by atoms with Crippen LogP contribution in [0.2, 0.25) is 0 Å². The molecule has 0 radical (unpaired) electrons. The van der Waals surface area contributed by atoms with Crippen LogP contribution in [0, 0.1) is 18.7 Å². The number of nitrogens with zero attached hydrogens (tertiary/aromatic N) is 1. The van der Waals surface area contributed by atoms with Crippen LogP contribution in [-0.4, -0.2) is 32.4 Å². The molecule has 4 nitrogen and oxygen atoms in total. The summed E-state index contributed by atoms with van der Waals surface area (Å²) in [7, 11) is -3.54. The number of aryl methyl sites for hydroxylation is 1. The van der Waals surface area contributed by atoms with Crippen LogP contribution in [0.4, 0.5) is 4.39 Å². The summed E-state index contributed by atoms with van der Waals surface area (Å²) in [5, 5.41) is 0. The first kappa shape index (κ1) is 14.4. The Morgan fingerprint density at radius 1 is 1.47 bits per heavy atom. The van der Waals surface area contributed by atoms with Crippen LogP contribution in [0.1, 0.15) is 18.4 Å². The normalized spacial score (nSPS) is 21.5. The minimum Gasteiger partial charge on any atom is -0.330 e. The highest BCUT2D eigenvalue weighted by molar-refractivity contribution is 7.89. The lowest BCUT2D eigenvalue weighted by Crippen LogP contribution is -2.42. The van der Waals surface area contributed by atoms with Gasteiger partial charge in [-0.15, -0.1) is 0 Å². The fraction of sp³-hybridized carbons (Fsp3) is 0.538. The topological polar surface area (TPSA) is 63.4 Å². The zero-order valence-corrected chi connectivity index (χ0v) is 11.8. The molecular weight excluding hydrogens is 267 g/mol. The molecule has 2 rings (SSSR count). The van der Waals surface area contributed by atoms with Gasteiger partial charge in [-0.25, -0.2) is 12.8 Å². The lowest BCUT2D eigenvalue weighted by atomic mass is 10.0. The number of hydrogen-bond donors (Lipinski definition) is 1. The van der Waals surface area contributed by atoms with Gasteiger partial charge in [0.15, 0.2) is 0 Å². The van der Waals surface area contributed by atoms with E-state index in [9.17, 15) is 12.8 Å². The summed E-state index contributed by atoms with van der Waals surface area (Å²) < 4.78 is 39.6. The molecule has 1 aromatic carbocycles. The van der Waals surface area contributed by atoms with Crippen molar-refractivity contribution < 1.29 is 12.8 Å². The molecule has 0 saturated carbocycles. The average molecular weight is 286 g/mol. The van der Waals surface area contributed by atoms with Gasteiger partial charge in [-0.05, 0) is 56.0 Å². The number of piperidine rings is 1. The van der Waals surface area contributed by atoms with Gasteiger partial charge in [-0.2, -0.15) is 4.31 Å². The van der Waals surface area contributed by atoms with Gasteiger partial charge < -0.3 is 5.73 Å². The van der Waals surface area contributed by atoms with Crippen molar-refractivity contribution in [2.24, 2.45) is 11.7 Å². The van der Waals surface area contributed by atoms with E-state index in [1.807, 2.05) is 0 Å². The van der Waals surface area contributed by atoms with E-state index in [0.717, 1.165) is 12.8 Å². The molecule has 6 heteroatoms. The molecule has 1 atom stereocenters. The fourth-order valence-electron chi connectivity index (χ4n) is 2.48. The number of benzene rings is 1. The lowest BCUT2D eigenvalue weighted by molar-refractivity contribution is 0.271. The largest absolute Gasteiger partial charge is 0.330 e. The van der Waals surface area contributed by atoms with Crippen molar-refractivity contribution in [2.75, 3.05) is 19.6 Å². The van der Waals surface area contributed by atoms with Crippen LogP contribution in [0.3, 0.4) is 0 Å². The highest BCUT2D eigenvalue weighted by atomic mass is 32.2. The van der Waals surface area contributed by atoms with Crippen molar-refractivity contribution in [1.29, 1.82) is 0 Å². The van der Waals surface area contributed by atoms with Crippen LogP contribution < -0.4 is 5.73 Å². The molecule has 0 aromatic heterocycles. The monoisotopic (exact) mass is 286 g/mol. The maximum absolute atomic E-state index is 13.1. The highest BCUT2D eigenvalue weighted by Crippen LogP contribution is 2.25. The Morgan fingerprint density at radius 2 is 2.21 bits per heavy atom. The van der Waals surface area contributed by atoms with E-state index >= 15 is 0 Å². The van der Waals surface area contributed by atoms with E-state index in [2.05, 4.69) is 0 Å². The summed E-state index contributed by atoms with van der Waals surface area (Å²) in [5.74, 6) is -0.209. The van der Waals surface area contributed by atoms with Crippen molar-refractivity contribution >= 4 is 10.0 Å². The predicted octanol–water partition coefficient (Wildman–Crippen LogP) is 1.49. The molecule has 1 unspecified atom stereocenters. The summed E-state index contributed by atoms with van der Waals surface area (Å²) in [6, 6.07) is 3.77.